The van der Waals surface area contributed by atoms with E-state index in [4.69, 9.17) is 5.73 Å². The first-order valence-electron chi connectivity index (χ1n) is 5.45. The third kappa shape index (κ3) is 4.84. The summed E-state index contributed by atoms with van der Waals surface area (Å²) in [6, 6.07) is -0.0994. The van der Waals surface area contributed by atoms with Crippen molar-refractivity contribution in [2.75, 3.05) is 19.6 Å². The van der Waals surface area contributed by atoms with E-state index in [0.717, 1.165) is 19.5 Å². The Bertz CT molecular complexity index is 194. The van der Waals surface area contributed by atoms with Crippen LogP contribution in [-0.2, 0) is 0 Å². The number of rotatable bonds is 3. The van der Waals surface area contributed by atoms with Gasteiger partial charge in [-0.15, -0.1) is 0 Å². The van der Waals surface area contributed by atoms with Crippen LogP contribution in [0.15, 0.2) is 0 Å². The number of nitrogens with zero attached hydrogens (tertiary/aromatic N) is 1. The van der Waals surface area contributed by atoms with Gasteiger partial charge in [-0.2, -0.15) is 13.2 Å². The fraction of sp³-hybridized carbons (Fsp3) is 1.00. The van der Waals surface area contributed by atoms with Crippen molar-refractivity contribution in [3.63, 3.8) is 0 Å². The first-order chi connectivity index (χ1) is 6.90. The fourth-order valence-corrected chi connectivity index (χ4v) is 2.32. The SMILES string of the molecule is CCCN1CC(N)CC(CC(F)(F)F)C1. The van der Waals surface area contributed by atoms with E-state index in [1.807, 2.05) is 11.8 Å². The van der Waals surface area contributed by atoms with Crippen molar-refractivity contribution in [3.05, 3.63) is 0 Å². The second-order valence-corrected chi connectivity index (χ2v) is 4.44. The monoisotopic (exact) mass is 224 g/mol. The zero-order valence-corrected chi connectivity index (χ0v) is 9.06. The fourth-order valence-electron chi connectivity index (χ4n) is 2.32. The number of piperidine rings is 1. The maximum Gasteiger partial charge on any atom is 0.389 e. The van der Waals surface area contributed by atoms with Crippen LogP contribution in [0.25, 0.3) is 0 Å². The molecule has 1 aliphatic rings. The third-order valence-electron chi connectivity index (χ3n) is 2.71. The first kappa shape index (κ1) is 12.8. The molecule has 0 aromatic heterocycles. The van der Waals surface area contributed by atoms with E-state index in [-0.39, 0.29) is 12.0 Å². The Balaban J connectivity index is 2.44. The highest BCUT2D eigenvalue weighted by molar-refractivity contribution is 4.82. The van der Waals surface area contributed by atoms with Crippen molar-refractivity contribution in [3.8, 4) is 0 Å². The Morgan fingerprint density at radius 2 is 2.00 bits per heavy atom. The minimum Gasteiger partial charge on any atom is -0.327 e. The molecule has 0 aliphatic carbocycles. The molecule has 0 amide bonds. The lowest BCUT2D eigenvalue weighted by Crippen LogP contribution is -2.48. The van der Waals surface area contributed by atoms with Crippen LogP contribution in [0.5, 0.6) is 0 Å². The van der Waals surface area contributed by atoms with E-state index in [9.17, 15) is 13.2 Å². The molecule has 1 fully saturated rings. The second kappa shape index (κ2) is 5.16. The molecular formula is C10H19F3N2. The predicted molar refractivity (Wildman–Crippen MR) is 53.5 cm³/mol. The maximum absolute atomic E-state index is 12.2. The summed E-state index contributed by atoms with van der Waals surface area (Å²) >= 11 is 0. The predicted octanol–water partition coefficient (Wildman–Crippen LogP) is 2.00. The zero-order chi connectivity index (χ0) is 11.5. The standard InChI is InChI=1S/C10H19F3N2/c1-2-3-15-6-8(4-9(14)7-15)5-10(11,12)13/h8-9H,2-7,14H2,1H3. The molecular weight excluding hydrogens is 205 g/mol. The minimum atomic E-state index is -4.06. The number of alkyl halides is 3. The molecule has 1 saturated heterocycles. The molecule has 0 aromatic carbocycles. The number of hydrogen-bond acceptors (Lipinski definition) is 2. The van der Waals surface area contributed by atoms with E-state index >= 15 is 0 Å². The maximum atomic E-state index is 12.2. The van der Waals surface area contributed by atoms with Crippen molar-refractivity contribution in [1.29, 1.82) is 0 Å². The van der Waals surface area contributed by atoms with E-state index in [2.05, 4.69) is 0 Å². The summed E-state index contributed by atoms with van der Waals surface area (Å²) in [7, 11) is 0. The van der Waals surface area contributed by atoms with Gasteiger partial charge < -0.3 is 10.6 Å². The van der Waals surface area contributed by atoms with Gasteiger partial charge in [0.25, 0.3) is 0 Å². The molecule has 15 heavy (non-hydrogen) atoms. The normalized spacial score (nSPS) is 29.4. The topological polar surface area (TPSA) is 29.3 Å². The molecule has 5 heteroatoms. The van der Waals surface area contributed by atoms with Gasteiger partial charge in [-0.25, -0.2) is 0 Å². The molecule has 1 aliphatic heterocycles. The molecule has 0 bridgehead atoms. The molecule has 2 nitrogen and oxygen atoms in total. The smallest absolute Gasteiger partial charge is 0.327 e. The van der Waals surface area contributed by atoms with Gasteiger partial charge in [0.1, 0.15) is 0 Å². The third-order valence-corrected chi connectivity index (χ3v) is 2.71. The quantitative estimate of drug-likeness (QED) is 0.794. The first-order valence-corrected chi connectivity index (χ1v) is 5.45. The van der Waals surface area contributed by atoms with Crippen LogP contribution >= 0.6 is 0 Å². The van der Waals surface area contributed by atoms with Gasteiger partial charge >= 0.3 is 6.18 Å². The number of hydrogen-bond donors (Lipinski definition) is 1. The van der Waals surface area contributed by atoms with Crippen molar-refractivity contribution < 1.29 is 13.2 Å². The van der Waals surface area contributed by atoms with Crippen LogP contribution in [0.4, 0.5) is 13.2 Å². The van der Waals surface area contributed by atoms with Gasteiger partial charge in [-0.1, -0.05) is 6.92 Å². The molecule has 90 valence electrons. The molecule has 0 saturated carbocycles. The summed E-state index contributed by atoms with van der Waals surface area (Å²) < 4.78 is 36.7. The molecule has 0 spiro atoms. The molecule has 0 radical (unpaired) electrons. The highest BCUT2D eigenvalue weighted by Crippen LogP contribution is 2.29. The molecule has 2 N–H and O–H groups in total. The Kier molecular flexibility index (Phi) is 4.40. The molecule has 1 rings (SSSR count). The lowest BCUT2D eigenvalue weighted by Gasteiger charge is -2.36. The zero-order valence-electron chi connectivity index (χ0n) is 9.06. The minimum absolute atomic E-state index is 0.0994. The van der Waals surface area contributed by atoms with Crippen molar-refractivity contribution in [2.45, 2.75) is 38.4 Å². The lowest BCUT2D eigenvalue weighted by molar-refractivity contribution is -0.148. The van der Waals surface area contributed by atoms with Crippen LogP contribution in [0.1, 0.15) is 26.2 Å². The molecule has 1 heterocycles. The van der Waals surface area contributed by atoms with Crippen LogP contribution in [0.2, 0.25) is 0 Å². The summed E-state index contributed by atoms with van der Waals surface area (Å²) in [5.74, 6) is -0.319. The highest BCUT2D eigenvalue weighted by Gasteiger charge is 2.35. The highest BCUT2D eigenvalue weighted by atomic mass is 19.4. The van der Waals surface area contributed by atoms with E-state index in [1.54, 1.807) is 0 Å². The van der Waals surface area contributed by atoms with Crippen molar-refractivity contribution >= 4 is 0 Å². The largest absolute Gasteiger partial charge is 0.389 e. The average molecular weight is 224 g/mol. The van der Waals surface area contributed by atoms with Crippen LogP contribution in [-0.4, -0.2) is 36.8 Å². The van der Waals surface area contributed by atoms with E-state index in [1.165, 1.54) is 0 Å². The number of halogens is 3. The van der Waals surface area contributed by atoms with Gasteiger partial charge in [0.05, 0.1) is 0 Å². The Labute approximate surface area is 88.6 Å². The van der Waals surface area contributed by atoms with Gasteiger partial charge in [0.2, 0.25) is 0 Å². The molecule has 2 unspecified atom stereocenters. The lowest BCUT2D eigenvalue weighted by atomic mass is 9.91. The van der Waals surface area contributed by atoms with Crippen molar-refractivity contribution in [2.24, 2.45) is 11.7 Å². The summed E-state index contributed by atoms with van der Waals surface area (Å²) in [5, 5.41) is 0. The summed E-state index contributed by atoms with van der Waals surface area (Å²) in [6.07, 6.45) is -3.29. The Morgan fingerprint density at radius 3 is 2.53 bits per heavy atom. The molecule has 2 atom stereocenters. The van der Waals surface area contributed by atoms with Gasteiger partial charge in [-0.3, -0.25) is 0 Å². The number of nitrogens with two attached hydrogens (primary N) is 1. The summed E-state index contributed by atoms with van der Waals surface area (Å²) in [5.41, 5.74) is 5.76. The Morgan fingerprint density at radius 1 is 1.33 bits per heavy atom. The van der Waals surface area contributed by atoms with Crippen LogP contribution in [0.3, 0.4) is 0 Å². The van der Waals surface area contributed by atoms with E-state index in [0.29, 0.717) is 13.0 Å². The van der Waals surface area contributed by atoms with Gasteiger partial charge in [0.15, 0.2) is 0 Å². The second-order valence-electron chi connectivity index (χ2n) is 4.44. The molecule has 0 aromatic rings. The summed E-state index contributed by atoms with van der Waals surface area (Å²) in [6.45, 7) is 4.16. The van der Waals surface area contributed by atoms with Crippen LogP contribution < -0.4 is 5.73 Å². The average Bonchev–Trinajstić information content (AvgIpc) is 1.99. The van der Waals surface area contributed by atoms with E-state index < -0.39 is 12.6 Å². The van der Waals surface area contributed by atoms with Crippen LogP contribution in [0, 0.1) is 5.92 Å². The van der Waals surface area contributed by atoms with Crippen molar-refractivity contribution in [1.82, 2.24) is 4.90 Å². The summed E-state index contributed by atoms with van der Waals surface area (Å²) in [4.78, 5) is 2.05. The van der Waals surface area contributed by atoms with Gasteiger partial charge in [-0.05, 0) is 25.3 Å². The Hall–Kier alpha value is -0.290. The van der Waals surface area contributed by atoms with Gasteiger partial charge in [0, 0.05) is 25.6 Å². The number of likely N-dealkylation sites (tertiary alicyclic amines) is 1.